The fourth-order valence-corrected chi connectivity index (χ4v) is 7.09. The van der Waals surface area contributed by atoms with Gasteiger partial charge in [-0.3, -0.25) is 19.2 Å². The number of aromatic hydroxyl groups is 1. The molecule has 2 aromatic carbocycles. The highest BCUT2D eigenvalue weighted by Crippen LogP contribution is 2.53. The number of phenolic OH excluding ortho intramolecular Hbond substituents is 1. The Balaban J connectivity index is 1.43. The lowest BCUT2D eigenvalue weighted by Crippen LogP contribution is -2.40. The van der Waals surface area contributed by atoms with Crippen LogP contribution in [0.1, 0.15) is 24.0 Å². The minimum atomic E-state index is -0.672. The largest absolute Gasteiger partial charge is 0.504 e. The number of hydrogen-bond donors (Lipinski definition) is 1. The summed E-state index contributed by atoms with van der Waals surface area (Å²) in [7, 11) is 1.46. The number of methoxy groups -OCH3 is 1. The third kappa shape index (κ3) is 4.41. The van der Waals surface area contributed by atoms with Crippen LogP contribution in [-0.4, -0.2) is 35.6 Å². The Bertz CT molecular complexity index is 1680. The number of nitrogens with zero attached hydrogens (tertiary/aromatic N) is 1. The number of rotatable bonds is 4. The molecule has 0 aromatic heterocycles. The van der Waals surface area contributed by atoms with Gasteiger partial charge >= 0.3 is 0 Å². The molecule has 4 aliphatic rings. The van der Waals surface area contributed by atoms with Gasteiger partial charge in [0.15, 0.2) is 23.1 Å². The molecule has 9 heteroatoms. The fraction of sp³-hybridized carbons (Fsp3) is 0.250. The summed E-state index contributed by atoms with van der Waals surface area (Å²) in [6, 6.07) is 10.0. The van der Waals surface area contributed by atoms with Crippen LogP contribution in [-0.2, 0) is 19.2 Å². The molecule has 3 aliphatic carbocycles. The third-order valence-electron chi connectivity index (χ3n) is 8.48. The van der Waals surface area contributed by atoms with E-state index in [4.69, 9.17) is 16.3 Å². The molecule has 7 nitrogen and oxygen atoms in total. The molecule has 1 fully saturated rings. The first kappa shape index (κ1) is 27.4. The molecule has 0 radical (unpaired) electrons. The number of ketones is 2. The van der Waals surface area contributed by atoms with E-state index in [0.29, 0.717) is 34.0 Å². The number of ether oxygens (including phenoxy) is 1. The van der Waals surface area contributed by atoms with Crippen LogP contribution in [0.15, 0.2) is 75.8 Å². The van der Waals surface area contributed by atoms with Crippen LogP contribution < -0.4 is 9.64 Å². The molecule has 1 saturated heterocycles. The first-order valence-electron chi connectivity index (χ1n) is 13.2. The summed E-state index contributed by atoms with van der Waals surface area (Å²) < 4.78 is 5.40. The van der Waals surface area contributed by atoms with Crippen LogP contribution in [0.5, 0.6) is 11.5 Å². The lowest BCUT2D eigenvalue weighted by molar-refractivity contribution is -0.123. The first-order valence-corrected chi connectivity index (χ1v) is 14.4. The number of hydrogen-bond acceptors (Lipinski definition) is 6. The summed E-state index contributed by atoms with van der Waals surface area (Å²) in [6.45, 7) is 1.85. The van der Waals surface area contributed by atoms with Crippen LogP contribution in [0.3, 0.4) is 0 Å². The van der Waals surface area contributed by atoms with Crippen molar-refractivity contribution >= 4 is 62.7 Å². The van der Waals surface area contributed by atoms with Crippen LogP contribution in [0.4, 0.5) is 5.69 Å². The number of carbonyl (C=O) groups excluding carboxylic acids is 4. The summed E-state index contributed by atoms with van der Waals surface area (Å²) in [4.78, 5) is 55.4. The number of benzene rings is 2. The highest BCUT2D eigenvalue weighted by Gasteiger charge is 2.56. The average molecular weight is 635 g/mol. The van der Waals surface area contributed by atoms with Crippen molar-refractivity contribution < 1.29 is 29.0 Å². The van der Waals surface area contributed by atoms with E-state index < -0.39 is 23.7 Å². The number of anilines is 1. The minimum absolute atomic E-state index is 0.000259. The summed E-state index contributed by atoms with van der Waals surface area (Å²) in [5, 5.41) is 10.4. The number of fused-ring (bicyclic) bond motifs is 3. The minimum Gasteiger partial charge on any atom is -0.504 e. The number of halogens is 2. The van der Waals surface area contributed by atoms with Gasteiger partial charge in [-0.25, -0.2) is 4.90 Å². The zero-order valence-corrected chi connectivity index (χ0v) is 24.5. The van der Waals surface area contributed by atoms with Crippen molar-refractivity contribution in [2.75, 3.05) is 12.0 Å². The predicted octanol–water partition coefficient (Wildman–Crippen LogP) is 5.88. The number of carbonyl (C=O) groups is 4. The van der Waals surface area contributed by atoms with Crippen LogP contribution in [0.25, 0.3) is 6.08 Å². The lowest BCUT2D eigenvalue weighted by atomic mass is 9.61. The quantitative estimate of drug-likeness (QED) is 0.256. The molecule has 4 unspecified atom stereocenters. The van der Waals surface area contributed by atoms with Crippen molar-refractivity contribution in [1.29, 1.82) is 0 Å². The molecular formula is C32H25BrClNO6. The van der Waals surface area contributed by atoms with Crippen molar-refractivity contribution in [3.8, 4) is 11.5 Å². The molecule has 1 aliphatic heterocycles. The van der Waals surface area contributed by atoms with Crippen molar-refractivity contribution in [1.82, 2.24) is 0 Å². The zero-order chi connectivity index (χ0) is 29.2. The van der Waals surface area contributed by atoms with E-state index in [0.717, 1.165) is 16.7 Å². The Morgan fingerprint density at radius 2 is 1.85 bits per heavy atom. The lowest BCUT2D eigenvalue weighted by Gasteiger charge is -2.41. The molecule has 2 amide bonds. The first-order chi connectivity index (χ1) is 19.6. The maximum atomic E-state index is 14.0. The highest BCUT2D eigenvalue weighted by molar-refractivity contribution is 9.12. The summed E-state index contributed by atoms with van der Waals surface area (Å²) in [6.07, 6.45) is 7.44. The Hall–Kier alpha value is -3.75. The smallest absolute Gasteiger partial charge is 0.238 e. The molecule has 41 heavy (non-hydrogen) atoms. The van der Waals surface area contributed by atoms with Crippen LogP contribution >= 0.6 is 27.5 Å². The number of phenols is 1. The number of imide groups is 1. The Kier molecular flexibility index (Phi) is 6.86. The van der Waals surface area contributed by atoms with Gasteiger partial charge in [-0.05, 0) is 77.0 Å². The summed E-state index contributed by atoms with van der Waals surface area (Å²) in [5.41, 5.74) is 3.59. The second kappa shape index (κ2) is 10.3. The molecule has 208 valence electrons. The molecule has 4 atom stereocenters. The summed E-state index contributed by atoms with van der Waals surface area (Å²) >= 11 is 9.57. The van der Waals surface area contributed by atoms with Gasteiger partial charge in [-0.2, -0.15) is 0 Å². The van der Waals surface area contributed by atoms with Crippen molar-refractivity contribution in [2.45, 2.75) is 19.8 Å². The fourth-order valence-electron chi connectivity index (χ4n) is 6.47. The Morgan fingerprint density at radius 3 is 2.59 bits per heavy atom. The van der Waals surface area contributed by atoms with Gasteiger partial charge in [0, 0.05) is 28.2 Å². The van der Waals surface area contributed by atoms with E-state index >= 15 is 0 Å². The Morgan fingerprint density at radius 1 is 1.07 bits per heavy atom. The van der Waals surface area contributed by atoms with Crippen LogP contribution in [0.2, 0.25) is 5.02 Å². The third-order valence-corrected chi connectivity index (χ3v) is 9.47. The molecular weight excluding hydrogens is 610 g/mol. The van der Waals surface area contributed by atoms with Gasteiger partial charge in [-0.15, -0.1) is 0 Å². The molecule has 2 aromatic rings. The van der Waals surface area contributed by atoms with Gasteiger partial charge in [-0.1, -0.05) is 47.5 Å². The monoisotopic (exact) mass is 633 g/mol. The molecule has 1 heterocycles. The predicted molar refractivity (Wildman–Crippen MR) is 158 cm³/mol. The van der Waals surface area contributed by atoms with E-state index in [2.05, 4.69) is 15.9 Å². The SMILES string of the molecule is COc1cc(C=CC2C3=CCC4C(=O)N(c5ccc(C)c(Cl)c5)C(=O)C4C3CC3=C2C(=O)C=C(Br)C3=O)ccc1O. The van der Waals surface area contributed by atoms with Gasteiger partial charge in [0.25, 0.3) is 0 Å². The highest BCUT2D eigenvalue weighted by atomic mass is 79.9. The van der Waals surface area contributed by atoms with Crippen molar-refractivity contribution in [2.24, 2.45) is 23.7 Å². The van der Waals surface area contributed by atoms with E-state index in [1.807, 2.05) is 19.1 Å². The molecule has 0 bridgehead atoms. The van der Waals surface area contributed by atoms with E-state index in [9.17, 15) is 24.3 Å². The number of allylic oxidation sites excluding steroid dienone is 7. The topological polar surface area (TPSA) is 101 Å². The molecule has 6 rings (SSSR count). The zero-order valence-electron chi connectivity index (χ0n) is 22.2. The second-order valence-corrected chi connectivity index (χ2v) is 11.9. The molecule has 0 saturated carbocycles. The van der Waals surface area contributed by atoms with E-state index in [1.165, 1.54) is 24.2 Å². The van der Waals surface area contributed by atoms with Crippen molar-refractivity contribution in [3.63, 3.8) is 0 Å². The standard InChI is InChI=1S/C32H25BrClNO6/c1-15-3-6-17(12-24(15)34)35-31(39)20-9-8-18-19(7-4-16-5-10-25(36)27(11-16)41-2)28-22(13-21(18)29(20)32(35)40)30(38)23(33)14-26(28)37/h3-8,10-12,14,19-21,29,36H,9,13H2,1-2H3. The molecule has 0 spiro atoms. The number of amides is 2. The van der Waals surface area contributed by atoms with Gasteiger partial charge < -0.3 is 9.84 Å². The van der Waals surface area contributed by atoms with Crippen LogP contribution in [0, 0.1) is 30.6 Å². The molecule has 1 N–H and O–H groups in total. The average Bonchev–Trinajstić information content (AvgIpc) is 3.21. The van der Waals surface area contributed by atoms with E-state index in [1.54, 1.807) is 36.4 Å². The normalized spacial score (nSPS) is 25.7. The number of Topliss-reactive ketones (excluding diaryl/α,β-unsaturated/α-hetero) is 1. The van der Waals surface area contributed by atoms with E-state index in [-0.39, 0.29) is 40.0 Å². The van der Waals surface area contributed by atoms with Gasteiger partial charge in [0.05, 0.1) is 29.1 Å². The van der Waals surface area contributed by atoms with Gasteiger partial charge in [0.1, 0.15) is 0 Å². The summed E-state index contributed by atoms with van der Waals surface area (Å²) in [5.74, 6) is -3.11. The van der Waals surface area contributed by atoms with Crippen molar-refractivity contribution in [3.05, 3.63) is 92.0 Å². The Labute approximate surface area is 249 Å². The maximum Gasteiger partial charge on any atom is 0.238 e. The number of aryl methyl sites for hydroxylation is 1. The van der Waals surface area contributed by atoms with Gasteiger partial charge in [0.2, 0.25) is 11.8 Å². The maximum absolute atomic E-state index is 14.0. The second-order valence-electron chi connectivity index (χ2n) is 10.7.